The molecule has 0 bridgehead atoms. The van der Waals surface area contributed by atoms with Gasteiger partial charge < -0.3 is 14.2 Å². The van der Waals surface area contributed by atoms with Crippen molar-refractivity contribution < 1.29 is 27.8 Å². The van der Waals surface area contributed by atoms with Crippen LogP contribution in [0.15, 0.2) is 47.3 Å². The number of ether oxygens (including phenoxy) is 3. The molecule has 0 amide bonds. The molecule has 0 radical (unpaired) electrons. The summed E-state index contributed by atoms with van der Waals surface area (Å²) in [5.41, 5.74) is 0.659. The first-order valence-corrected chi connectivity index (χ1v) is 8.58. The molecule has 1 aromatic heterocycles. The van der Waals surface area contributed by atoms with E-state index in [4.69, 9.17) is 9.47 Å². The Balaban J connectivity index is 1.58. The van der Waals surface area contributed by atoms with Gasteiger partial charge in [-0.2, -0.15) is 8.78 Å². The van der Waals surface area contributed by atoms with Crippen molar-refractivity contribution >= 4 is 16.9 Å². The second kappa shape index (κ2) is 9.09. The SMILES string of the molecule is COc1cc(COC(=O)CCn2nnc3ccccc3c2=O)ccc1OC(F)F. The average molecular weight is 405 g/mol. The molecule has 0 unspecified atom stereocenters. The number of benzene rings is 2. The molecular weight excluding hydrogens is 388 g/mol. The predicted molar refractivity (Wildman–Crippen MR) is 97.8 cm³/mol. The van der Waals surface area contributed by atoms with Crippen LogP contribution in [0.3, 0.4) is 0 Å². The molecule has 0 atom stereocenters. The van der Waals surface area contributed by atoms with Gasteiger partial charge in [-0.15, -0.1) is 5.10 Å². The largest absolute Gasteiger partial charge is 0.493 e. The fourth-order valence-corrected chi connectivity index (χ4v) is 2.60. The van der Waals surface area contributed by atoms with Crippen LogP contribution in [0.5, 0.6) is 11.5 Å². The maximum atomic E-state index is 12.3. The number of carbonyl (C=O) groups is 1. The Bertz CT molecular complexity index is 1070. The third-order valence-electron chi connectivity index (χ3n) is 4.00. The van der Waals surface area contributed by atoms with Crippen LogP contribution in [-0.4, -0.2) is 34.7 Å². The van der Waals surface area contributed by atoms with Gasteiger partial charge in [0.2, 0.25) is 0 Å². The van der Waals surface area contributed by atoms with Crippen LogP contribution in [-0.2, 0) is 22.7 Å². The number of rotatable bonds is 8. The lowest BCUT2D eigenvalue weighted by atomic mass is 10.2. The first kappa shape index (κ1) is 20.2. The van der Waals surface area contributed by atoms with E-state index in [1.165, 1.54) is 25.3 Å². The van der Waals surface area contributed by atoms with Crippen LogP contribution in [0.1, 0.15) is 12.0 Å². The molecule has 29 heavy (non-hydrogen) atoms. The average Bonchev–Trinajstić information content (AvgIpc) is 2.72. The zero-order valence-electron chi connectivity index (χ0n) is 15.4. The molecule has 1 heterocycles. The summed E-state index contributed by atoms with van der Waals surface area (Å²) in [4.78, 5) is 24.3. The van der Waals surface area contributed by atoms with Crippen molar-refractivity contribution in [2.24, 2.45) is 0 Å². The highest BCUT2D eigenvalue weighted by Gasteiger charge is 2.13. The Morgan fingerprint density at radius 2 is 1.97 bits per heavy atom. The van der Waals surface area contributed by atoms with E-state index >= 15 is 0 Å². The molecule has 0 aliphatic heterocycles. The van der Waals surface area contributed by atoms with Crippen molar-refractivity contribution in [3.8, 4) is 11.5 Å². The third-order valence-corrected chi connectivity index (χ3v) is 4.00. The number of carbonyl (C=O) groups excluding carboxylic acids is 1. The number of aryl methyl sites for hydroxylation is 1. The zero-order chi connectivity index (χ0) is 20.8. The van der Waals surface area contributed by atoms with Gasteiger partial charge >= 0.3 is 12.6 Å². The molecule has 0 saturated carbocycles. The Hall–Kier alpha value is -3.56. The van der Waals surface area contributed by atoms with Crippen molar-refractivity contribution in [2.45, 2.75) is 26.2 Å². The van der Waals surface area contributed by atoms with Gasteiger partial charge in [0.05, 0.1) is 25.5 Å². The van der Waals surface area contributed by atoms with Gasteiger partial charge in [-0.25, -0.2) is 4.68 Å². The number of aromatic nitrogens is 3. The van der Waals surface area contributed by atoms with Crippen LogP contribution in [0.4, 0.5) is 8.78 Å². The molecule has 0 fully saturated rings. The second-order valence-electron chi connectivity index (χ2n) is 5.91. The number of hydrogen-bond donors (Lipinski definition) is 0. The van der Waals surface area contributed by atoms with E-state index in [9.17, 15) is 18.4 Å². The van der Waals surface area contributed by atoms with Crippen molar-refractivity contribution in [2.75, 3.05) is 7.11 Å². The quantitative estimate of drug-likeness (QED) is 0.532. The smallest absolute Gasteiger partial charge is 0.387 e. The number of alkyl halides is 2. The van der Waals surface area contributed by atoms with Gasteiger partial charge in [-0.05, 0) is 29.8 Å². The Labute approximate surface area is 163 Å². The number of hydrogen-bond acceptors (Lipinski definition) is 7. The molecule has 152 valence electrons. The van der Waals surface area contributed by atoms with Gasteiger partial charge in [-0.1, -0.05) is 23.4 Å². The minimum atomic E-state index is -2.98. The molecule has 0 saturated heterocycles. The van der Waals surface area contributed by atoms with E-state index in [1.807, 2.05) is 0 Å². The van der Waals surface area contributed by atoms with Crippen LogP contribution in [0, 0.1) is 0 Å². The Morgan fingerprint density at radius 3 is 2.72 bits per heavy atom. The van der Waals surface area contributed by atoms with Gasteiger partial charge in [-0.3, -0.25) is 9.59 Å². The highest BCUT2D eigenvalue weighted by atomic mass is 19.3. The highest BCUT2D eigenvalue weighted by Crippen LogP contribution is 2.29. The molecule has 3 rings (SSSR count). The summed E-state index contributed by atoms with van der Waals surface area (Å²) in [5, 5.41) is 8.16. The lowest BCUT2D eigenvalue weighted by Crippen LogP contribution is -2.25. The summed E-state index contributed by atoms with van der Waals surface area (Å²) in [7, 11) is 1.31. The summed E-state index contributed by atoms with van der Waals surface area (Å²) in [6.45, 7) is -3.06. The predicted octanol–water partition coefficient (Wildman–Crippen LogP) is 2.54. The molecule has 0 spiro atoms. The number of nitrogens with zero attached hydrogens (tertiary/aromatic N) is 3. The van der Waals surface area contributed by atoms with Crippen LogP contribution in [0.2, 0.25) is 0 Å². The summed E-state index contributed by atoms with van der Waals surface area (Å²) in [6.07, 6.45) is -0.0867. The van der Waals surface area contributed by atoms with Crippen molar-refractivity contribution in [3.05, 3.63) is 58.4 Å². The standard InChI is InChI=1S/C19H17F2N3O5/c1-27-16-10-12(6-7-15(16)29-19(20)21)11-28-17(25)8-9-24-18(26)13-4-2-3-5-14(13)22-23-24/h2-7,10,19H,8-9,11H2,1H3. The first-order chi connectivity index (χ1) is 14.0. The van der Waals surface area contributed by atoms with Gasteiger partial charge in [0, 0.05) is 0 Å². The molecule has 0 aliphatic carbocycles. The molecule has 10 heteroatoms. The fraction of sp³-hybridized carbons (Fsp3) is 0.263. The summed E-state index contributed by atoms with van der Waals surface area (Å²) in [6, 6.07) is 11.0. The van der Waals surface area contributed by atoms with Crippen LogP contribution >= 0.6 is 0 Å². The maximum absolute atomic E-state index is 12.3. The third kappa shape index (κ3) is 5.03. The fourth-order valence-electron chi connectivity index (χ4n) is 2.60. The van der Waals surface area contributed by atoms with E-state index in [1.54, 1.807) is 24.3 Å². The first-order valence-electron chi connectivity index (χ1n) is 8.58. The number of halogens is 2. The van der Waals surface area contributed by atoms with E-state index < -0.39 is 12.6 Å². The molecule has 8 nitrogen and oxygen atoms in total. The summed E-state index contributed by atoms with van der Waals surface area (Å²) in [5.74, 6) is -0.581. The lowest BCUT2D eigenvalue weighted by Gasteiger charge is -2.11. The molecule has 3 aromatic rings. The maximum Gasteiger partial charge on any atom is 0.387 e. The summed E-state index contributed by atoms with van der Waals surface area (Å²) < 4.78 is 40.3. The van der Waals surface area contributed by atoms with Gasteiger partial charge in [0.25, 0.3) is 5.56 Å². The van der Waals surface area contributed by atoms with Crippen molar-refractivity contribution in [3.63, 3.8) is 0 Å². The molecular formula is C19H17F2N3O5. The second-order valence-corrected chi connectivity index (χ2v) is 5.91. The highest BCUT2D eigenvalue weighted by molar-refractivity contribution is 5.76. The van der Waals surface area contributed by atoms with E-state index in [2.05, 4.69) is 15.0 Å². The minimum Gasteiger partial charge on any atom is -0.493 e. The van der Waals surface area contributed by atoms with Gasteiger partial charge in [0.15, 0.2) is 11.5 Å². The monoisotopic (exact) mass is 405 g/mol. The summed E-state index contributed by atoms with van der Waals surface area (Å²) >= 11 is 0. The Morgan fingerprint density at radius 1 is 1.17 bits per heavy atom. The van der Waals surface area contributed by atoms with Crippen molar-refractivity contribution in [1.82, 2.24) is 15.0 Å². The van der Waals surface area contributed by atoms with Gasteiger partial charge in [0.1, 0.15) is 12.1 Å². The van der Waals surface area contributed by atoms with Crippen LogP contribution < -0.4 is 15.0 Å². The normalized spacial score (nSPS) is 10.9. The van der Waals surface area contributed by atoms with Crippen LogP contribution in [0.25, 0.3) is 10.9 Å². The lowest BCUT2D eigenvalue weighted by molar-refractivity contribution is -0.145. The van der Waals surface area contributed by atoms with E-state index in [0.717, 1.165) is 4.68 Å². The molecule has 0 N–H and O–H groups in total. The molecule has 0 aliphatic rings. The van der Waals surface area contributed by atoms with E-state index in [-0.39, 0.29) is 36.6 Å². The number of methoxy groups -OCH3 is 1. The number of fused-ring (bicyclic) bond motifs is 1. The van der Waals surface area contributed by atoms with Crippen molar-refractivity contribution in [1.29, 1.82) is 0 Å². The van der Waals surface area contributed by atoms with E-state index in [0.29, 0.717) is 16.5 Å². The Kier molecular flexibility index (Phi) is 6.32. The zero-order valence-corrected chi connectivity index (χ0v) is 15.4. The topological polar surface area (TPSA) is 92.5 Å². The number of esters is 1. The minimum absolute atomic E-state index is 0.0139. The molecule has 2 aromatic carbocycles.